The third-order valence-corrected chi connectivity index (χ3v) is 6.38. The summed E-state index contributed by atoms with van der Waals surface area (Å²) in [5.41, 5.74) is -2.94. The lowest BCUT2D eigenvalue weighted by atomic mass is 9.94. The topological polar surface area (TPSA) is 87.0 Å². The van der Waals surface area contributed by atoms with Gasteiger partial charge in [0.15, 0.2) is 4.77 Å². The number of aromatic amines is 1. The highest BCUT2D eigenvalue weighted by Gasteiger charge is 2.58. The van der Waals surface area contributed by atoms with E-state index in [0.29, 0.717) is 40.6 Å². The van der Waals surface area contributed by atoms with Gasteiger partial charge < -0.3 is 14.6 Å². The van der Waals surface area contributed by atoms with Gasteiger partial charge in [-0.15, -0.1) is 11.3 Å². The molecule has 0 aromatic carbocycles. The second-order valence-corrected chi connectivity index (χ2v) is 8.20. The maximum atomic E-state index is 13.6. The largest absolute Gasteiger partial charge is 0.424 e. The summed E-state index contributed by atoms with van der Waals surface area (Å²) >= 11 is 5.79. The van der Waals surface area contributed by atoms with Gasteiger partial charge in [-0.05, 0) is 32.0 Å². The van der Waals surface area contributed by atoms with E-state index in [2.05, 4.69) is 15.2 Å². The molecule has 3 rings (SSSR count). The van der Waals surface area contributed by atoms with Crippen molar-refractivity contribution in [1.82, 2.24) is 24.6 Å². The summed E-state index contributed by atoms with van der Waals surface area (Å²) in [5.74, 6) is -0.255. The number of nitrogens with one attached hydrogen (secondary N) is 1. The Morgan fingerprint density at radius 2 is 2.21 bits per heavy atom. The Hall–Kier alpha value is -1.79. The number of aromatic nitrogens is 4. The van der Waals surface area contributed by atoms with E-state index in [1.165, 1.54) is 17.2 Å². The number of carbonyl (C=O) groups excluding carboxylic acids is 1. The molecular formula is C16H20F3N5O2S2. The van der Waals surface area contributed by atoms with Gasteiger partial charge >= 0.3 is 6.18 Å². The lowest BCUT2D eigenvalue weighted by Gasteiger charge is -2.35. The molecule has 0 saturated carbocycles. The van der Waals surface area contributed by atoms with E-state index >= 15 is 0 Å². The summed E-state index contributed by atoms with van der Waals surface area (Å²) in [6, 6.07) is 0. The molecule has 2 aromatic heterocycles. The van der Waals surface area contributed by atoms with E-state index in [4.69, 9.17) is 12.2 Å². The highest BCUT2D eigenvalue weighted by Crippen LogP contribution is 2.43. The number of hydrogen-bond donors (Lipinski definition) is 2. The van der Waals surface area contributed by atoms with E-state index in [-0.39, 0.29) is 12.5 Å². The summed E-state index contributed by atoms with van der Waals surface area (Å²) in [5, 5.41) is 18.1. The number of alkyl halides is 3. The number of rotatable bonds is 4. The SMILES string of the molecule is Cc1csc(C(O)(CC(=O)N2CCCC(c3n[nH]c(=S)n3C)C2)C(F)(F)F)n1. The number of hydrogen-bond acceptors (Lipinski definition) is 6. The van der Waals surface area contributed by atoms with E-state index < -0.39 is 29.1 Å². The number of aryl methyl sites for hydroxylation is 1. The minimum absolute atomic E-state index is 0.142. The van der Waals surface area contributed by atoms with Crippen LogP contribution in [0.1, 0.15) is 41.7 Å². The van der Waals surface area contributed by atoms with Gasteiger partial charge in [-0.2, -0.15) is 18.3 Å². The zero-order chi connectivity index (χ0) is 20.7. The predicted molar refractivity (Wildman–Crippen MR) is 98.4 cm³/mol. The second kappa shape index (κ2) is 7.56. The summed E-state index contributed by atoms with van der Waals surface area (Å²) in [6.07, 6.45) is -4.76. The number of piperidine rings is 1. The van der Waals surface area contributed by atoms with Crippen LogP contribution in [0.25, 0.3) is 0 Å². The van der Waals surface area contributed by atoms with E-state index in [1.54, 1.807) is 11.6 Å². The van der Waals surface area contributed by atoms with Crippen LogP contribution in [0.3, 0.4) is 0 Å². The number of thiazole rings is 1. The van der Waals surface area contributed by atoms with Gasteiger partial charge in [0.05, 0.1) is 6.42 Å². The van der Waals surface area contributed by atoms with Crippen LogP contribution >= 0.6 is 23.6 Å². The number of H-pyrrole nitrogens is 1. The smallest absolute Gasteiger partial charge is 0.374 e. The molecule has 7 nitrogen and oxygen atoms in total. The lowest BCUT2D eigenvalue weighted by Crippen LogP contribution is -2.48. The van der Waals surface area contributed by atoms with Crippen molar-refractivity contribution in [2.45, 2.75) is 43.9 Å². The lowest BCUT2D eigenvalue weighted by molar-refractivity contribution is -0.268. The molecule has 28 heavy (non-hydrogen) atoms. The Labute approximate surface area is 168 Å². The zero-order valence-corrected chi connectivity index (χ0v) is 16.9. The monoisotopic (exact) mass is 435 g/mol. The van der Waals surface area contributed by atoms with Gasteiger partial charge in [0.1, 0.15) is 10.8 Å². The molecule has 2 N–H and O–H groups in total. The molecule has 2 unspecified atom stereocenters. The van der Waals surface area contributed by atoms with Crippen LogP contribution in [0.2, 0.25) is 0 Å². The van der Waals surface area contributed by atoms with Gasteiger partial charge in [-0.25, -0.2) is 4.98 Å². The average molecular weight is 435 g/mol. The van der Waals surface area contributed by atoms with Crippen LogP contribution in [0.4, 0.5) is 13.2 Å². The molecule has 154 valence electrons. The van der Waals surface area contributed by atoms with Crippen LogP contribution in [0, 0.1) is 11.7 Å². The summed E-state index contributed by atoms with van der Waals surface area (Å²) in [4.78, 5) is 17.8. The maximum Gasteiger partial charge on any atom is 0.424 e. The third-order valence-electron chi connectivity index (χ3n) is 4.90. The van der Waals surface area contributed by atoms with Crippen molar-refractivity contribution in [3.8, 4) is 0 Å². The first-order valence-corrected chi connectivity index (χ1v) is 9.92. The number of halogens is 3. The van der Waals surface area contributed by atoms with Crippen molar-refractivity contribution in [2.24, 2.45) is 7.05 Å². The number of likely N-dealkylation sites (tertiary alicyclic amines) is 1. The number of aliphatic hydroxyl groups is 1. The van der Waals surface area contributed by atoms with Gasteiger partial charge in [-0.3, -0.25) is 9.89 Å². The molecule has 0 aliphatic carbocycles. The van der Waals surface area contributed by atoms with Crippen LogP contribution < -0.4 is 0 Å². The quantitative estimate of drug-likeness (QED) is 0.722. The molecule has 1 saturated heterocycles. The molecule has 1 aliphatic rings. The van der Waals surface area contributed by atoms with Gasteiger partial charge in [-0.1, -0.05) is 0 Å². The number of nitrogens with zero attached hydrogens (tertiary/aromatic N) is 4. The zero-order valence-electron chi connectivity index (χ0n) is 15.3. The minimum Gasteiger partial charge on any atom is -0.374 e. The molecule has 0 bridgehead atoms. The van der Waals surface area contributed by atoms with Gasteiger partial charge in [0.25, 0.3) is 0 Å². The standard InChI is InChI=1S/C16H20F3N5O2S2/c1-9-8-28-13(20-9)15(26,16(17,18)19)6-11(25)24-5-3-4-10(7-24)12-21-22-14(27)23(12)2/h8,10,26H,3-7H2,1-2H3,(H,22,27). The molecule has 12 heteroatoms. The third kappa shape index (κ3) is 3.85. The minimum atomic E-state index is -5.02. The molecule has 1 amide bonds. The van der Waals surface area contributed by atoms with E-state index in [0.717, 1.165) is 6.42 Å². The van der Waals surface area contributed by atoms with Crippen molar-refractivity contribution in [3.63, 3.8) is 0 Å². The molecule has 2 atom stereocenters. The Kier molecular flexibility index (Phi) is 5.65. The van der Waals surface area contributed by atoms with Gasteiger partial charge in [0, 0.05) is 37.1 Å². The molecule has 0 radical (unpaired) electrons. The molecule has 1 fully saturated rings. The van der Waals surface area contributed by atoms with Crippen molar-refractivity contribution >= 4 is 29.5 Å². The van der Waals surface area contributed by atoms with Crippen LogP contribution in [0.5, 0.6) is 0 Å². The normalized spacial score (nSPS) is 20.2. The van der Waals surface area contributed by atoms with Crippen LogP contribution in [0.15, 0.2) is 5.38 Å². The summed E-state index contributed by atoms with van der Waals surface area (Å²) in [7, 11) is 1.75. The van der Waals surface area contributed by atoms with Crippen LogP contribution in [-0.4, -0.2) is 54.9 Å². The van der Waals surface area contributed by atoms with Crippen LogP contribution in [-0.2, 0) is 17.4 Å². The fraction of sp³-hybridized carbons (Fsp3) is 0.625. The highest BCUT2D eigenvalue weighted by atomic mass is 32.1. The fourth-order valence-electron chi connectivity index (χ4n) is 3.31. The molecular weight excluding hydrogens is 415 g/mol. The number of carbonyl (C=O) groups is 1. The predicted octanol–water partition coefficient (Wildman–Crippen LogP) is 2.79. The Bertz CT molecular complexity index is 922. The second-order valence-electron chi connectivity index (χ2n) is 6.95. The van der Waals surface area contributed by atoms with Crippen molar-refractivity contribution in [1.29, 1.82) is 0 Å². The van der Waals surface area contributed by atoms with E-state index in [9.17, 15) is 23.1 Å². The first-order valence-electron chi connectivity index (χ1n) is 8.63. The first kappa shape index (κ1) is 20.9. The Morgan fingerprint density at radius 1 is 1.50 bits per heavy atom. The van der Waals surface area contributed by atoms with Crippen molar-refractivity contribution in [3.05, 3.63) is 26.7 Å². The summed E-state index contributed by atoms with van der Waals surface area (Å²) in [6.45, 7) is 2.08. The average Bonchev–Trinajstić information content (AvgIpc) is 3.20. The maximum absolute atomic E-state index is 13.6. The Morgan fingerprint density at radius 3 is 2.75 bits per heavy atom. The van der Waals surface area contributed by atoms with E-state index in [1.807, 2.05) is 0 Å². The first-order chi connectivity index (χ1) is 13.0. The van der Waals surface area contributed by atoms with Gasteiger partial charge in [0.2, 0.25) is 11.5 Å². The molecule has 3 heterocycles. The van der Waals surface area contributed by atoms with Crippen molar-refractivity contribution in [2.75, 3.05) is 13.1 Å². The molecule has 1 aliphatic heterocycles. The highest BCUT2D eigenvalue weighted by molar-refractivity contribution is 7.71. The fourth-order valence-corrected chi connectivity index (χ4v) is 4.36. The van der Waals surface area contributed by atoms with Crippen molar-refractivity contribution < 1.29 is 23.1 Å². The summed E-state index contributed by atoms with van der Waals surface area (Å²) < 4.78 is 43.1. The Balaban J connectivity index is 1.80. The molecule has 2 aromatic rings. The number of amides is 1. The molecule has 0 spiro atoms.